The predicted octanol–water partition coefficient (Wildman–Crippen LogP) is 2.41. The molecule has 2 aromatic rings. The lowest BCUT2D eigenvalue weighted by Crippen LogP contribution is -2.30. The van der Waals surface area contributed by atoms with Crippen LogP contribution in [0.4, 0.5) is 0 Å². The van der Waals surface area contributed by atoms with Gasteiger partial charge in [-0.3, -0.25) is 9.59 Å². The first kappa shape index (κ1) is 13.5. The lowest BCUT2D eigenvalue weighted by molar-refractivity contribution is 0.0783. The van der Waals surface area contributed by atoms with Gasteiger partial charge in [-0.1, -0.05) is 34.1 Å². The van der Waals surface area contributed by atoms with E-state index in [2.05, 4.69) is 20.9 Å². The second-order valence-corrected chi connectivity index (χ2v) is 5.03. The topological polar surface area (TPSA) is 53.2 Å². The van der Waals surface area contributed by atoms with Crippen molar-refractivity contribution in [3.05, 3.63) is 68.5 Å². The first-order valence-electron chi connectivity index (χ1n) is 5.75. The van der Waals surface area contributed by atoms with E-state index in [1.54, 1.807) is 7.05 Å². The van der Waals surface area contributed by atoms with Gasteiger partial charge in [0.05, 0.1) is 0 Å². The molecule has 1 heterocycles. The Hall–Kier alpha value is -1.88. The molecule has 1 aromatic heterocycles. The third-order valence-corrected chi connectivity index (χ3v) is 3.54. The summed E-state index contributed by atoms with van der Waals surface area (Å²) in [5.74, 6) is -0.294. The van der Waals surface area contributed by atoms with E-state index in [9.17, 15) is 9.59 Å². The van der Waals surface area contributed by atoms with Gasteiger partial charge >= 0.3 is 0 Å². The van der Waals surface area contributed by atoms with Gasteiger partial charge in [-0.05, 0) is 11.6 Å². The number of hydrogen-bond acceptors (Lipinski definition) is 2. The molecular formula is C14H13BrN2O2. The van der Waals surface area contributed by atoms with Gasteiger partial charge in [0.1, 0.15) is 5.56 Å². The summed E-state index contributed by atoms with van der Waals surface area (Å²) in [6, 6.07) is 9.02. The van der Waals surface area contributed by atoms with Gasteiger partial charge in [-0.15, -0.1) is 0 Å². The van der Waals surface area contributed by atoms with Crippen LogP contribution in [0.25, 0.3) is 0 Å². The van der Waals surface area contributed by atoms with E-state index in [4.69, 9.17) is 0 Å². The van der Waals surface area contributed by atoms with Gasteiger partial charge in [0.15, 0.2) is 5.43 Å². The second-order valence-electron chi connectivity index (χ2n) is 4.17. The van der Waals surface area contributed by atoms with E-state index < -0.39 is 0 Å². The molecule has 19 heavy (non-hydrogen) atoms. The number of halogens is 1. The number of carbonyl (C=O) groups excluding carboxylic acids is 1. The number of benzene rings is 1. The minimum absolute atomic E-state index is 0.150. The number of H-pyrrole nitrogens is 1. The van der Waals surface area contributed by atoms with E-state index in [0.717, 1.165) is 10.0 Å². The molecule has 0 saturated carbocycles. The number of nitrogens with one attached hydrogen (secondary N) is 1. The highest BCUT2D eigenvalue weighted by Crippen LogP contribution is 2.17. The van der Waals surface area contributed by atoms with Crippen LogP contribution in [0.1, 0.15) is 15.9 Å². The molecule has 0 aliphatic rings. The Balaban J connectivity index is 2.19. The maximum absolute atomic E-state index is 12.2. The maximum Gasteiger partial charge on any atom is 0.259 e. The van der Waals surface area contributed by atoms with Crippen LogP contribution in [-0.4, -0.2) is 22.8 Å². The van der Waals surface area contributed by atoms with Crippen molar-refractivity contribution in [1.82, 2.24) is 9.88 Å². The highest BCUT2D eigenvalue weighted by molar-refractivity contribution is 9.10. The third kappa shape index (κ3) is 3.12. The molecule has 98 valence electrons. The van der Waals surface area contributed by atoms with Crippen LogP contribution in [0.15, 0.2) is 52.0 Å². The van der Waals surface area contributed by atoms with Crippen LogP contribution in [-0.2, 0) is 6.54 Å². The van der Waals surface area contributed by atoms with Crippen molar-refractivity contribution in [2.45, 2.75) is 6.54 Å². The molecule has 5 heteroatoms. The first-order chi connectivity index (χ1) is 9.09. The largest absolute Gasteiger partial charge is 0.367 e. The van der Waals surface area contributed by atoms with Crippen LogP contribution < -0.4 is 5.43 Å². The minimum Gasteiger partial charge on any atom is -0.367 e. The Morgan fingerprint density at radius 1 is 1.32 bits per heavy atom. The fourth-order valence-corrected chi connectivity index (χ4v) is 2.15. The highest BCUT2D eigenvalue weighted by atomic mass is 79.9. The van der Waals surface area contributed by atoms with E-state index in [1.165, 1.54) is 23.4 Å². The normalized spacial score (nSPS) is 10.2. The fourth-order valence-electron chi connectivity index (χ4n) is 1.74. The summed E-state index contributed by atoms with van der Waals surface area (Å²) in [6.45, 7) is 0.439. The fraction of sp³-hybridized carbons (Fsp3) is 0.143. The Bertz CT molecular complexity index is 652. The number of pyridine rings is 1. The zero-order valence-corrected chi connectivity index (χ0v) is 12.0. The quantitative estimate of drug-likeness (QED) is 0.944. The van der Waals surface area contributed by atoms with E-state index in [0.29, 0.717) is 6.54 Å². The lowest BCUT2D eigenvalue weighted by Gasteiger charge is -2.17. The van der Waals surface area contributed by atoms with E-state index in [1.807, 2.05) is 24.3 Å². The number of amides is 1. The number of aromatic nitrogens is 1. The summed E-state index contributed by atoms with van der Waals surface area (Å²) in [4.78, 5) is 28.1. The van der Waals surface area contributed by atoms with Crippen LogP contribution in [0.3, 0.4) is 0 Å². The SMILES string of the molecule is CN(Cc1ccccc1Br)C(=O)c1c[nH]ccc1=O. The van der Waals surface area contributed by atoms with Crippen molar-refractivity contribution in [2.75, 3.05) is 7.05 Å². The summed E-state index contributed by atoms with van der Waals surface area (Å²) in [5.41, 5.74) is 0.866. The van der Waals surface area contributed by atoms with E-state index in [-0.39, 0.29) is 16.9 Å². The number of rotatable bonds is 3. The molecule has 0 unspecified atom stereocenters. The van der Waals surface area contributed by atoms with Crippen molar-refractivity contribution < 1.29 is 4.79 Å². The molecule has 0 radical (unpaired) electrons. The molecule has 0 bridgehead atoms. The van der Waals surface area contributed by atoms with Crippen LogP contribution in [0, 0.1) is 0 Å². The monoisotopic (exact) mass is 320 g/mol. The summed E-state index contributed by atoms with van der Waals surface area (Å²) < 4.78 is 0.941. The van der Waals surface area contributed by atoms with Crippen molar-refractivity contribution in [2.24, 2.45) is 0 Å². The maximum atomic E-state index is 12.2. The average Bonchev–Trinajstić information content (AvgIpc) is 2.41. The smallest absolute Gasteiger partial charge is 0.259 e. The Kier molecular flexibility index (Phi) is 4.16. The number of carbonyl (C=O) groups is 1. The number of aromatic amines is 1. The molecule has 0 atom stereocenters. The van der Waals surface area contributed by atoms with Gasteiger partial charge in [0, 0.05) is 36.5 Å². The molecule has 2 rings (SSSR count). The van der Waals surface area contributed by atoms with E-state index >= 15 is 0 Å². The van der Waals surface area contributed by atoms with Crippen molar-refractivity contribution in [1.29, 1.82) is 0 Å². The van der Waals surface area contributed by atoms with Crippen molar-refractivity contribution >= 4 is 21.8 Å². The molecule has 4 nitrogen and oxygen atoms in total. The average molecular weight is 321 g/mol. The second kappa shape index (κ2) is 5.84. The molecule has 1 N–H and O–H groups in total. The molecule has 0 saturated heterocycles. The molecule has 1 amide bonds. The zero-order valence-electron chi connectivity index (χ0n) is 10.4. The molecule has 0 aliphatic heterocycles. The molecular weight excluding hydrogens is 308 g/mol. The summed E-state index contributed by atoms with van der Waals surface area (Å²) in [6.07, 6.45) is 2.94. The Labute approximate surface area is 119 Å². The first-order valence-corrected chi connectivity index (χ1v) is 6.55. The molecule has 0 aliphatic carbocycles. The zero-order chi connectivity index (χ0) is 13.8. The van der Waals surface area contributed by atoms with Gasteiger partial charge in [-0.2, -0.15) is 0 Å². The number of hydrogen-bond donors (Lipinski definition) is 1. The van der Waals surface area contributed by atoms with Gasteiger partial charge in [-0.25, -0.2) is 0 Å². The minimum atomic E-state index is -0.294. The Morgan fingerprint density at radius 3 is 2.74 bits per heavy atom. The third-order valence-electron chi connectivity index (χ3n) is 2.77. The summed E-state index contributed by atoms with van der Waals surface area (Å²) in [5, 5.41) is 0. The van der Waals surface area contributed by atoms with Gasteiger partial charge < -0.3 is 9.88 Å². The lowest BCUT2D eigenvalue weighted by atomic mass is 10.2. The Morgan fingerprint density at radius 2 is 2.05 bits per heavy atom. The van der Waals surface area contributed by atoms with Crippen LogP contribution in [0.2, 0.25) is 0 Å². The summed E-state index contributed by atoms with van der Waals surface area (Å²) >= 11 is 3.44. The van der Waals surface area contributed by atoms with Crippen molar-refractivity contribution in [3.8, 4) is 0 Å². The molecule has 0 spiro atoms. The van der Waals surface area contributed by atoms with Crippen LogP contribution in [0.5, 0.6) is 0 Å². The predicted molar refractivity (Wildman–Crippen MR) is 77.0 cm³/mol. The molecule has 1 aromatic carbocycles. The number of nitrogens with zero attached hydrogens (tertiary/aromatic N) is 1. The molecule has 0 fully saturated rings. The van der Waals surface area contributed by atoms with Crippen molar-refractivity contribution in [3.63, 3.8) is 0 Å². The van der Waals surface area contributed by atoms with Gasteiger partial charge in [0.2, 0.25) is 0 Å². The van der Waals surface area contributed by atoms with Crippen LogP contribution >= 0.6 is 15.9 Å². The summed E-state index contributed by atoms with van der Waals surface area (Å²) in [7, 11) is 1.67. The standard InChI is InChI=1S/C14H13BrN2O2/c1-17(9-10-4-2-3-5-12(10)15)14(19)11-8-16-7-6-13(11)18/h2-8H,9H2,1H3,(H,16,18). The highest BCUT2D eigenvalue weighted by Gasteiger charge is 2.15. The van der Waals surface area contributed by atoms with Gasteiger partial charge in [0.25, 0.3) is 5.91 Å².